The molecule has 2 heterocycles. The van der Waals surface area contributed by atoms with Crippen LogP contribution < -0.4 is 4.74 Å². The Balaban J connectivity index is 2.00. The van der Waals surface area contributed by atoms with Crippen LogP contribution in [0.25, 0.3) is 5.65 Å². The minimum Gasteiger partial charge on any atom is -0.489 e. The summed E-state index contributed by atoms with van der Waals surface area (Å²) < 4.78 is 7.44. The highest BCUT2D eigenvalue weighted by Crippen LogP contribution is 2.30. The number of fused-ring (bicyclic) bond motifs is 1. The van der Waals surface area contributed by atoms with E-state index in [1.54, 1.807) is 17.5 Å². The average molecular weight is 338 g/mol. The first-order chi connectivity index (χ1) is 12.0. The number of carboxylic acid groups (broad SMARTS) is 1. The van der Waals surface area contributed by atoms with Crippen molar-refractivity contribution >= 4 is 23.1 Å². The second kappa shape index (κ2) is 6.72. The fraction of sp³-hybridized carbons (Fsp3) is 0.222. The number of aromatic carboxylic acids is 1. The summed E-state index contributed by atoms with van der Waals surface area (Å²) in [4.78, 5) is 15.4. The van der Waals surface area contributed by atoms with Gasteiger partial charge in [-0.15, -0.1) is 10.2 Å². The van der Waals surface area contributed by atoms with Crippen molar-refractivity contribution < 1.29 is 14.6 Å². The van der Waals surface area contributed by atoms with Crippen LogP contribution in [-0.2, 0) is 0 Å². The summed E-state index contributed by atoms with van der Waals surface area (Å²) in [6, 6.07) is 10.4. The number of pyridine rings is 1. The highest BCUT2D eigenvalue weighted by molar-refractivity contribution is 5.88. The first-order valence-electron chi connectivity index (χ1n) is 7.85. The lowest BCUT2D eigenvalue weighted by Gasteiger charge is -2.10. The molecule has 0 saturated heterocycles. The number of rotatable bonds is 5. The third-order valence-corrected chi connectivity index (χ3v) is 3.50. The van der Waals surface area contributed by atoms with Crippen LogP contribution in [0.5, 0.6) is 5.75 Å². The molecule has 0 atom stereocenters. The maximum Gasteiger partial charge on any atom is 0.335 e. The van der Waals surface area contributed by atoms with Gasteiger partial charge in [0.05, 0.1) is 17.4 Å². The average Bonchev–Trinajstić information content (AvgIpc) is 2.88. The van der Waals surface area contributed by atoms with Crippen molar-refractivity contribution in [2.45, 2.75) is 26.9 Å². The molecule has 1 aromatic carbocycles. The number of carboxylic acids is 1. The molecule has 128 valence electrons. The van der Waals surface area contributed by atoms with Gasteiger partial charge in [-0.2, -0.15) is 0 Å². The number of hydrogen-bond donors (Lipinski definition) is 1. The number of para-hydroxylation sites is 1. The van der Waals surface area contributed by atoms with Crippen LogP contribution in [0.15, 0.2) is 52.8 Å². The monoisotopic (exact) mass is 338 g/mol. The first kappa shape index (κ1) is 16.6. The Labute approximate surface area is 144 Å². The molecule has 0 radical (unpaired) electrons. The van der Waals surface area contributed by atoms with Gasteiger partial charge in [-0.1, -0.05) is 12.1 Å². The molecule has 0 amide bonds. The highest BCUT2D eigenvalue weighted by atomic mass is 16.5. The van der Waals surface area contributed by atoms with Crippen LogP contribution in [0.2, 0.25) is 0 Å². The van der Waals surface area contributed by atoms with Gasteiger partial charge in [0.25, 0.3) is 0 Å². The largest absolute Gasteiger partial charge is 0.489 e. The van der Waals surface area contributed by atoms with Gasteiger partial charge in [-0.3, -0.25) is 4.40 Å². The number of carbonyl (C=O) groups is 1. The number of nitrogens with zero attached hydrogens (tertiary/aromatic N) is 4. The molecule has 2 aromatic heterocycles. The van der Waals surface area contributed by atoms with Crippen LogP contribution in [-0.4, -0.2) is 26.6 Å². The molecule has 0 unspecified atom stereocenters. The molecule has 0 saturated carbocycles. The minimum absolute atomic E-state index is 0.0309. The standard InChI is InChI=1S/C18H18N4O3/c1-11(2)25-15-7-5-4-6-14(15)20-21-17-12(3)19-16-10-13(18(23)24)8-9-22(16)17/h4-11H,1-3H3,(H,23,24). The molecule has 1 N–H and O–H groups in total. The fourth-order valence-electron chi connectivity index (χ4n) is 2.40. The lowest BCUT2D eigenvalue weighted by atomic mass is 10.3. The summed E-state index contributed by atoms with van der Waals surface area (Å²) in [7, 11) is 0. The second-order valence-corrected chi connectivity index (χ2v) is 5.80. The summed E-state index contributed by atoms with van der Waals surface area (Å²) in [6.45, 7) is 5.70. The van der Waals surface area contributed by atoms with E-state index in [0.717, 1.165) is 0 Å². The minimum atomic E-state index is -0.994. The quantitative estimate of drug-likeness (QED) is 0.691. The number of imidazole rings is 1. The lowest BCUT2D eigenvalue weighted by Crippen LogP contribution is -2.05. The van der Waals surface area contributed by atoms with Crippen molar-refractivity contribution in [3.8, 4) is 5.75 Å². The smallest absolute Gasteiger partial charge is 0.335 e. The molecule has 7 nitrogen and oxygen atoms in total. The molecule has 0 aliphatic rings. The fourth-order valence-corrected chi connectivity index (χ4v) is 2.40. The topological polar surface area (TPSA) is 88.5 Å². The summed E-state index contributed by atoms with van der Waals surface area (Å²) >= 11 is 0. The maximum atomic E-state index is 11.1. The van der Waals surface area contributed by atoms with Crippen LogP contribution in [0.1, 0.15) is 29.9 Å². The third kappa shape index (κ3) is 3.50. The molecule has 7 heteroatoms. The van der Waals surface area contributed by atoms with Crippen molar-refractivity contribution in [1.82, 2.24) is 9.38 Å². The van der Waals surface area contributed by atoms with E-state index in [0.29, 0.717) is 28.6 Å². The van der Waals surface area contributed by atoms with E-state index in [-0.39, 0.29) is 11.7 Å². The van der Waals surface area contributed by atoms with Crippen molar-refractivity contribution in [1.29, 1.82) is 0 Å². The predicted molar refractivity (Wildman–Crippen MR) is 93.3 cm³/mol. The first-order valence-corrected chi connectivity index (χ1v) is 7.85. The molecule has 0 bridgehead atoms. The molecule has 0 spiro atoms. The number of azo groups is 1. The molecular weight excluding hydrogens is 320 g/mol. The maximum absolute atomic E-state index is 11.1. The zero-order valence-corrected chi connectivity index (χ0v) is 14.2. The molecule has 0 fully saturated rings. The van der Waals surface area contributed by atoms with E-state index in [9.17, 15) is 4.79 Å². The zero-order valence-electron chi connectivity index (χ0n) is 14.2. The van der Waals surface area contributed by atoms with Gasteiger partial charge in [0.2, 0.25) is 0 Å². The van der Waals surface area contributed by atoms with E-state index >= 15 is 0 Å². The SMILES string of the molecule is Cc1nc2cc(C(=O)O)ccn2c1N=Nc1ccccc1OC(C)C. The molecule has 3 rings (SSSR count). The number of aryl methyl sites for hydroxylation is 1. The van der Waals surface area contributed by atoms with E-state index < -0.39 is 5.97 Å². The van der Waals surface area contributed by atoms with Crippen LogP contribution in [0, 0.1) is 6.92 Å². The van der Waals surface area contributed by atoms with Crippen molar-refractivity contribution in [2.75, 3.05) is 0 Å². The van der Waals surface area contributed by atoms with Gasteiger partial charge in [0.1, 0.15) is 17.1 Å². The van der Waals surface area contributed by atoms with Gasteiger partial charge in [0.15, 0.2) is 5.82 Å². The van der Waals surface area contributed by atoms with E-state index in [4.69, 9.17) is 9.84 Å². The normalized spacial score (nSPS) is 11.5. The third-order valence-electron chi connectivity index (χ3n) is 3.50. The van der Waals surface area contributed by atoms with E-state index in [2.05, 4.69) is 15.2 Å². The second-order valence-electron chi connectivity index (χ2n) is 5.80. The van der Waals surface area contributed by atoms with Gasteiger partial charge < -0.3 is 9.84 Å². The molecular formula is C18H18N4O3. The molecule has 3 aromatic rings. The Hall–Kier alpha value is -3.22. The summed E-state index contributed by atoms with van der Waals surface area (Å²) in [5, 5.41) is 17.7. The Morgan fingerprint density at radius 2 is 2.00 bits per heavy atom. The highest BCUT2D eigenvalue weighted by Gasteiger charge is 2.11. The van der Waals surface area contributed by atoms with Gasteiger partial charge in [-0.25, -0.2) is 9.78 Å². The van der Waals surface area contributed by atoms with Crippen molar-refractivity contribution in [3.63, 3.8) is 0 Å². The van der Waals surface area contributed by atoms with Crippen LogP contribution in [0.4, 0.5) is 11.5 Å². The number of hydrogen-bond acceptors (Lipinski definition) is 5. The van der Waals surface area contributed by atoms with E-state index in [1.165, 1.54) is 12.1 Å². The Bertz CT molecular complexity index is 960. The van der Waals surface area contributed by atoms with Gasteiger partial charge >= 0.3 is 5.97 Å². The summed E-state index contributed by atoms with van der Waals surface area (Å²) in [6.07, 6.45) is 1.66. The zero-order chi connectivity index (χ0) is 18.0. The number of aromatic nitrogens is 2. The molecule has 25 heavy (non-hydrogen) atoms. The van der Waals surface area contributed by atoms with Crippen molar-refractivity contribution in [3.05, 3.63) is 53.9 Å². The predicted octanol–water partition coefficient (Wildman–Crippen LogP) is 4.54. The number of benzene rings is 1. The lowest BCUT2D eigenvalue weighted by molar-refractivity contribution is 0.0697. The molecule has 0 aliphatic heterocycles. The summed E-state index contributed by atoms with van der Waals surface area (Å²) in [5.74, 6) is 0.207. The molecule has 0 aliphatic carbocycles. The van der Waals surface area contributed by atoms with Crippen LogP contribution >= 0.6 is 0 Å². The van der Waals surface area contributed by atoms with Gasteiger partial charge in [0, 0.05) is 6.20 Å². The Kier molecular flexibility index (Phi) is 4.47. The van der Waals surface area contributed by atoms with Crippen LogP contribution in [0.3, 0.4) is 0 Å². The Morgan fingerprint density at radius 1 is 1.24 bits per heavy atom. The van der Waals surface area contributed by atoms with E-state index in [1.807, 2.05) is 38.1 Å². The summed E-state index contributed by atoms with van der Waals surface area (Å²) in [5.41, 5.74) is 1.97. The van der Waals surface area contributed by atoms with Crippen molar-refractivity contribution in [2.24, 2.45) is 10.2 Å². The number of ether oxygens (including phenoxy) is 1. The Morgan fingerprint density at radius 3 is 2.72 bits per heavy atom. The van der Waals surface area contributed by atoms with Gasteiger partial charge in [-0.05, 0) is 45.0 Å².